The molecule has 2 aromatic heterocycles. The molecule has 0 atom stereocenters. The molecule has 11 aromatic rings. The number of nitrogens with zero attached hydrogens (tertiary/aromatic N) is 4. The van der Waals surface area contributed by atoms with Gasteiger partial charge < -0.3 is 19.1 Å². The quantitative estimate of drug-likeness (QED) is 0.135. The number of anilines is 2. The van der Waals surface area contributed by atoms with Crippen molar-refractivity contribution in [1.29, 1.82) is 0 Å². The summed E-state index contributed by atoms with van der Waals surface area (Å²) in [5.74, 6) is 1.97. The first-order valence-electron chi connectivity index (χ1n) is 26.3. The van der Waals surface area contributed by atoms with Crippen LogP contribution < -0.4 is 14.5 Å². The molecule has 1 aliphatic heterocycles. The van der Waals surface area contributed by atoms with Gasteiger partial charge in [0.15, 0.2) is 0 Å². The fourth-order valence-corrected chi connectivity index (χ4v) is 11.6. The zero-order valence-electron chi connectivity index (χ0n) is 44.0. The summed E-state index contributed by atoms with van der Waals surface area (Å²) >= 11 is 0. The summed E-state index contributed by atoms with van der Waals surface area (Å²) in [6, 6.07) is 83.8. The molecule has 0 spiro atoms. The van der Waals surface area contributed by atoms with Crippen molar-refractivity contribution in [3.05, 3.63) is 283 Å². The first-order valence-corrected chi connectivity index (χ1v) is 26.3. The van der Waals surface area contributed by atoms with Crippen LogP contribution in [0, 0.1) is 18.8 Å². The molecule has 1 aliphatic carbocycles. The Bertz CT molecular complexity index is 3930. The van der Waals surface area contributed by atoms with Gasteiger partial charge in [0.2, 0.25) is 0 Å². The molecule has 0 fully saturated rings. The number of aromatic nitrogens is 2. The van der Waals surface area contributed by atoms with Crippen LogP contribution in [0.3, 0.4) is 0 Å². The van der Waals surface area contributed by atoms with Crippen molar-refractivity contribution in [2.24, 2.45) is 0 Å². The Kier molecular flexibility index (Phi) is 12.5. The topological polar surface area (TPSA) is 33.5 Å². The number of ether oxygens (including phenoxy) is 1. The van der Waals surface area contributed by atoms with Crippen LogP contribution in [-0.2, 0) is 37.3 Å². The molecule has 3 heterocycles. The van der Waals surface area contributed by atoms with Crippen molar-refractivity contribution in [2.45, 2.75) is 57.8 Å². The molecule has 0 radical (unpaired) electrons. The Morgan fingerprint density at radius 3 is 1.71 bits per heavy atom. The van der Waals surface area contributed by atoms with E-state index < -0.39 is 5.41 Å². The number of benzene rings is 9. The number of fused-ring (bicyclic) bond motifs is 6. The second-order valence-electron chi connectivity index (χ2n) is 22.1. The maximum absolute atomic E-state index is 6.75. The molecule has 2 aliphatic rings. The van der Waals surface area contributed by atoms with Gasteiger partial charge in [0.25, 0.3) is 0 Å². The number of rotatable bonds is 9. The van der Waals surface area contributed by atoms with E-state index in [1.165, 1.54) is 50.1 Å². The van der Waals surface area contributed by atoms with E-state index in [1.807, 2.05) is 24.4 Å². The van der Waals surface area contributed by atoms with Crippen molar-refractivity contribution in [3.8, 4) is 50.7 Å². The summed E-state index contributed by atoms with van der Waals surface area (Å²) in [6.45, 7) is 15.8. The van der Waals surface area contributed by atoms with Gasteiger partial charge in [0, 0.05) is 61.1 Å². The van der Waals surface area contributed by atoms with E-state index in [0.29, 0.717) is 11.5 Å². The Balaban J connectivity index is 0.00000596. The predicted octanol–water partition coefficient (Wildman–Crippen LogP) is 17.8. The maximum atomic E-state index is 6.75. The molecule has 9 aromatic carbocycles. The third-order valence-electron chi connectivity index (χ3n) is 15.4. The van der Waals surface area contributed by atoms with Crippen molar-refractivity contribution in [3.63, 3.8) is 0 Å². The molecular weight excluding hydrogens is 1120 g/mol. The van der Waals surface area contributed by atoms with Gasteiger partial charge in [0.05, 0.1) is 5.41 Å². The normalized spacial score (nSPS) is 13.7. The van der Waals surface area contributed by atoms with E-state index in [-0.39, 0.29) is 31.9 Å². The second-order valence-corrected chi connectivity index (χ2v) is 22.1. The molecule has 6 heteroatoms. The van der Waals surface area contributed by atoms with Crippen molar-refractivity contribution >= 4 is 33.2 Å². The Hall–Kier alpha value is -8.24. The number of hydrogen-bond donors (Lipinski definition) is 0. The number of pyridine rings is 1. The molecular formula is C71H57N4OPt-3. The van der Waals surface area contributed by atoms with Crippen LogP contribution in [0.5, 0.6) is 11.5 Å². The standard InChI is InChI=1S/C71H57N4O.Pt/c1-69(2,3)50-32-34-51(35-33-50)71(63-29-16-13-26-57(63)58-27-14-17-30-64(58)71)52-38-39-72-67(44-52)75-65-31-18-15-28-59(65)60-37-36-56(46-66(60)75)76-55-25-19-24-54(45-55)73-40-41-74(47-73)68-61(48-20-9-7-10-21-48)42-53(70(4,5)6)43-62(68)49-22-11-8-12-23-49;/h7-44,47H,1-6H3;/q-3;. The van der Waals surface area contributed by atoms with Crippen LogP contribution in [0.4, 0.5) is 11.4 Å². The summed E-state index contributed by atoms with van der Waals surface area (Å²) < 4.78 is 8.99. The Labute approximate surface area is 467 Å². The molecule has 0 N–H and O–H groups in total. The van der Waals surface area contributed by atoms with Crippen molar-refractivity contribution < 1.29 is 25.8 Å². The minimum absolute atomic E-state index is 0. The Morgan fingerprint density at radius 2 is 1.06 bits per heavy atom. The van der Waals surface area contributed by atoms with Gasteiger partial charge in [-0.3, -0.25) is 0 Å². The van der Waals surface area contributed by atoms with Gasteiger partial charge >= 0.3 is 0 Å². The van der Waals surface area contributed by atoms with Crippen LogP contribution in [0.1, 0.15) is 74.9 Å². The second kappa shape index (κ2) is 19.4. The van der Waals surface area contributed by atoms with E-state index in [0.717, 1.165) is 55.7 Å². The predicted molar refractivity (Wildman–Crippen MR) is 313 cm³/mol. The van der Waals surface area contributed by atoms with Gasteiger partial charge in [-0.1, -0.05) is 199 Å². The molecule has 0 saturated heterocycles. The monoisotopic (exact) mass is 1180 g/mol. The van der Waals surface area contributed by atoms with Gasteiger partial charge in [-0.05, 0) is 115 Å². The average Bonchev–Trinajstić information content (AvgIpc) is 4.38. The van der Waals surface area contributed by atoms with Gasteiger partial charge in [-0.15, -0.1) is 48.1 Å². The van der Waals surface area contributed by atoms with Crippen molar-refractivity contribution in [2.75, 3.05) is 9.80 Å². The van der Waals surface area contributed by atoms with E-state index in [4.69, 9.17) is 9.72 Å². The SMILES string of the molecule is CC(C)(C)c1ccc(C2(c3ccnc(-n4c5[c-]c(Oc6[c-]c(N7C=CN(c8c(-c9ccccc9)cc(C(C)(C)C)cc8-c8ccccc8)[CH-]7)ccc6)ccc5c5ccccc54)c3)c3ccccc3-c3ccccc32)cc1.[Pt]. The number of hydrogen-bond acceptors (Lipinski definition) is 4. The van der Waals surface area contributed by atoms with Crippen LogP contribution in [0.15, 0.2) is 231 Å². The average molecular weight is 1180 g/mol. The van der Waals surface area contributed by atoms with Crippen LogP contribution in [-0.4, -0.2) is 9.55 Å². The van der Waals surface area contributed by atoms with Gasteiger partial charge in [-0.25, -0.2) is 4.98 Å². The summed E-state index contributed by atoms with van der Waals surface area (Å²) in [6.07, 6.45) is 6.19. The van der Waals surface area contributed by atoms with Crippen LogP contribution in [0.2, 0.25) is 0 Å². The molecule has 0 amide bonds. The molecule has 0 bridgehead atoms. The summed E-state index contributed by atoms with van der Waals surface area (Å²) in [5.41, 5.74) is 17.9. The third kappa shape index (κ3) is 8.58. The maximum Gasteiger partial charge on any atom is 0.135 e. The summed E-state index contributed by atoms with van der Waals surface area (Å²) in [4.78, 5) is 9.51. The van der Waals surface area contributed by atoms with Gasteiger partial charge in [-0.2, -0.15) is 12.1 Å². The largest absolute Gasteiger partial charge is 0.509 e. The zero-order valence-corrected chi connectivity index (χ0v) is 46.3. The zero-order chi connectivity index (χ0) is 51.8. The van der Waals surface area contributed by atoms with E-state index in [2.05, 4.69) is 281 Å². The summed E-state index contributed by atoms with van der Waals surface area (Å²) in [5, 5.41) is 2.18. The van der Waals surface area contributed by atoms with Crippen molar-refractivity contribution in [1.82, 2.24) is 9.55 Å². The molecule has 380 valence electrons. The first kappa shape index (κ1) is 49.6. The minimum Gasteiger partial charge on any atom is -0.509 e. The smallest absolute Gasteiger partial charge is 0.135 e. The molecule has 0 unspecified atom stereocenters. The Morgan fingerprint density at radius 1 is 0.481 bits per heavy atom. The molecule has 5 nitrogen and oxygen atoms in total. The minimum atomic E-state index is -0.594. The van der Waals surface area contributed by atoms with Gasteiger partial charge in [0.1, 0.15) is 5.82 Å². The van der Waals surface area contributed by atoms with E-state index in [9.17, 15) is 0 Å². The first-order chi connectivity index (χ1) is 36.9. The third-order valence-corrected chi connectivity index (χ3v) is 15.4. The molecule has 77 heavy (non-hydrogen) atoms. The fourth-order valence-electron chi connectivity index (χ4n) is 11.6. The van der Waals surface area contributed by atoms with E-state index in [1.54, 1.807) is 0 Å². The number of para-hydroxylation sites is 1. The van der Waals surface area contributed by atoms with Crippen LogP contribution in [0.25, 0.3) is 61.0 Å². The summed E-state index contributed by atoms with van der Waals surface area (Å²) in [7, 11) is 0. The van der Waals surface area contributed by atoms with Crippen LogP contribution >= 0.6 is 0 Å². The fraction of sp³-hybridized carbons (Fsp3) is 0.127. The van der Waals surface area contributed by atoms with E-state index >= 15 is 0 Å². The molecule has 13 rings (SSSR count). The molecule has 0 saturated carbocycles.